The molecule has 1 amide bonds. The number of aromatic nitrogens is 2. The zero-order valence-electron chi connectivity index (χ0n) is 13.6. The number of halogens is 1. The molecule has 126 valence electrons. The van der Waals surface area contributed by atoms with Crippen LogP contribution in [-0.4, -0.2) is 42.1 Å². The highest BCUT2D eigenvalue weighted by atomic mass is 35.5. The van der Waals surface area contributed by atoms with Crippen LogP contribution in [0.4, 0.5) is 5.69 Å². The van der Waals surface area contributed by atoms with Crippen molar-refractivity contribution in [2.24, 2.45) is 0 Å². The Hall–Kier alpha value is -2.34. The molecule has 3 rings (SSSR count). The highest BCUT2D eigenvalue weighted by Crippen LogP contribution is 2.33. The third-order valence-electron chi connectivity index (χ3n) is 4.02. The molecule has 0 bridgehead atoms. The Morgan fingerprint density at radius 1 is 1.38 bits per heavy atom. The lowest BCUT2D eigenvalue weighted by molar-refractivity contribution is 0.0935. The van der Waals surface area contributed by atoms with Crippen LogP contribution in [0.3, 0.4) is 0 Å². The Bertz CT molecular complexity index is 736. The van der Waals surface area contributed by atoms with Crippen molar-refractivity contribution in [3.8, 4) is 5.75 Å². The number of hydrogen-bond donors (Lipinski definition) is 1. The lowest BCUT2D eigenvalue weighted by Crippen LogP contribution is -2.37. The number of nitrogens with one attached hydrogen (secondary N) is 1. The van der Waals surface area contributed by atoms with Crippen molar-refractivity contribution in [1.82, 2.24) is 15.3 Å². The van der Waals surface area contributed by atoms with Crippen LogP contribution in [0.25, 0.3) is 0 Å². The van der Waals surface area contributed by atoms with Crippen LogP contribution in [0.15, 0.2) is 30.6 Å². The Morgan fingerprint density at radius 2 is 2.21 bits per heavy atom. The van der Waals surface area contributed by atoms with E-state index in [2.05, 4.69) is 20.2 Å². The van der Waals surface area contributed by atoms with Crippen molar-refractivity contribution in [2.75, 3.05) is 25.1 Å². The fourth-order valence-electron chi connectivity index (χ4n) is 2.78. The predicted molar refractivity (Wildman–Crippen MR) is 92.9 cm³/mol. The minimum absolute atomic E-state index is 0.0456. The molecule has 6 nitrogen and oxygen atoms in total. The fourth-order valence-corrected chi connectivity index (χ4v) is 2.94. The lowest BCUT2D eigenvalue weighted by Gasteiger charge is -2.21. The summed E-state index contributed by atoms with van der Waals surface area (Å²) in [4.78, 5) is 22.6. The Labute approximate surface area is 145 Å². The molecule has 1 fully saturated rings. The van der Waals surface area contributed by atoms with E-state index < -0.39 is 0 Å². The predicted octanol–water partition coefficient (Wildman–Crippen LogP) is 2.46. The Balaban J connectivity index is 1.66. The second-order valence-electron chi connectivity index (χ2n) is 5.76. The van der Waals surface area contributed by atoms with Crippen molar-refractivity contribution in [2.45, 2.75) is 19.4 Å². The molecule has 2 heterocycles. The van der Waals surface area contributed by atoms with Crippen LogP contribution < -0.4 is 15.0 Å². The number of aryl methyl sites for hydroxylation is 1. The largest absolute Gasteiger partial charge is 0.495 e. The Kier molecular flexibility index (Phi) is 4.85. The third kappa shape index (κ3) is 3.59. The first-order valence-electron chi connectivity index (χ1n) is 7.75. The molecule has 1 saturated heterocycles. The van der Waals surface area contributed by atoms with Gasteiger partial charge in [-0.05, 0) is 31.5 Å². The van der Waals surface area contributed by atoms with Gasteiger partial charge in [0.05, 0.1) is 24.7 Å². The number of ether oxygens (including phenoxy) is 1. The number of carbonyl (C=O) groups excluding carboxylic acids is 1. The van der Waals surface area contributed by atoms with Crippen LogP contribution in [0.5, 0.6) is 5.75 Å². The molecular weight excluding hydrogens is 328 g/mol. The van der Waals surface area contributed by atoms with Gasteiger partial charge in [0.15, 0.2) is 0 Å². The average Bonchev–Trinajstić information content (AvgIpc) is 3.03. The second-order valence-corrected chi connectivity index (χ2v) is 6.20. The number of anilines is 1. The number of rotatable bonds is 4. The summed E-state index contributed by atoms with van der Waals surface area (Å²) in [6.07, 6.45) is 3.94. The molecule has 24 heavy (non-hydrogen) atoms. The number of amides is 1. The van der Waals surface area contributed by atoms with Gasteiger partial charge < -0.3 is 15.0 Å². The molecule has 2 aromatic rings. The lowest BCUT2D eigenvalue weighted by atomic mass is 10.2. The monoisotopic (exact) mass is 346 g/mol. The maximum absolute atomic E-state index is 12.3. The van der Waals surface area contributed by atoms with Gasteiger partial charge in [0.1, 0.15) is 11.4 Å². The van der Waals surface area contributed by atoms with Crippen LogP contribution in [-0.2, 0) is 0 Å². The van der Waals surface area contributed by atoms with Crippen molar-refractivity contribution in [3.63, 3.8) is 0 Å². The molecule has 0 saturated carbocycles. The summed E-state index contributed by atoms with van der Waals surface area (Å²) in [6, 6.07) is 5.58. The molecule has 1 aromatic heterocycles. The van der Waals surface area contributed by atoms with E-state index in [1.54, 1.807) is 19.4 Å². The summed E-state index contributed by atoms with van der Waals surface area (Å²) >= 11 is 6.10. The van der Waals surface area contributed by atoms with Gasteiger partial charge in [-0.15, -0.1) is 0 Å². The van der Waals surface area contributed by atoms with Gasteiger partial charge in [-0.3, -0.25) is 9.78 Å². The molecule has 1 aliphatic rings. The normalized spacial score (nSPS) is 17.0. The molecule has 1 aliphatic heterocycles. The van der Waals surface area contributed by atoms with E-state index in [0.29, 0.717) is 17.3 Å². The van der Waals surface area contributed by atoms with Crippen LogP contribution in [0.2, 0.25) is 5.02 Å². The van der Waals surface area contributed by atoms with Gasteiger partial charge in [0.2, 0.25) is 0 Å². The van der Waals surface area contributed by atoms with E-state index in [1.165, 1.54) is 6.20 Å². The smallest absolute Gasteiger partial charge is 0.271 e. The summed E-state index contributed by atoms with van der Waals surface area (Å²) in [5, 5.41) is 3.67. The molecule has 0 unspecified atom stereocenters. The maximum atomic E-state index is 12.3. The number of methoxy groups -OCH3 is 1. The van der Waals surface area contributed by atoms with Gasteiger partial charge in [0.25, 0.3) is 5.91 Å². The van der Waals surface area contributed by atoms with Gasteiger partial charge in [0, 0.05) is 30.4 Å². The number of nitrogens with zero attached hydrogens (tertiary/aromatic N) is 3. The minimum atomic E-state index is -0.201. The molecule has 7 heteroatoms. The van der Waals surface area contributed by atoms with Crippen molar-refractivity contribution >= 4 is 23.2 Å². The third-order valence-corrected chi connectivity index (χ3v) is 4.25. The molecular formula is C17H19ClN4O2. The summed E-state index contributed by atoms with van der Waals surface area (Å²) in [7, 11) is 1.64. The molecule has 1 aromatic carbocycles. The van der Waals surface area contributed by atoms with Crippen molar-refractivity contribution < 1.29 is 9.53 Å². The number of carbonyl (C=O) groups is 1. The van der Waals surface area contributed by atoms with Gasteiger partial charge in [-0.1, -0.05) is 11.6 Å². The van der Waals surface area contributed by atoms with E-state index in [4.69, 9.17) is 16.3 Å². The summed E-state index contributed by atoms with van der Waals surface area (Å²) in [5.41, 5.74) is 2.06. The number of hydrogen-bond acceptors (Lipinski definition) is 5. The van der Waals surface area contributed by atoms with E-state index in [9.17, 15) is 4.79 Å². The first-order valence-corrected chi connectivity index (χ1v) is 8.12. The second kappa shape index (κ2) is 7.05. The highest BCUT2D eigenvalue weighted by molar-refractivity contribution is 6.30. The highest BCUT2D eigenvalue weighted by Gasteiger charge is 2.26. The SMILES string of the molecule is COc1ccc(Cl)cc1N1CC[C@@H](NC(=O)c2cnc(C)cn2)C1. The van der Waals surface area contributed by atoms with Crippen LogP contribution in [0, 0.1) is 6.92 Å². The zero-order chi connectivity index (χ0) is 17.1. The summed E-state index contributed by atoms with van der Waals surface area (Å²) in [6.45, 7) is 3.35. The standard InChI is InChI=1S/C17H19ClN4O2/c1-11-8-20-14(9-19-11)17(23)21-13-5-6-22(10-13)15-7-12(18)3-4-16(15)24-2/h3-4,7-9,13H,5-6,10H2,1-2H3,(H,21,23)/t13-/m1/s1. The fraction of sp³-hybridized carbons (Fsp3) is 0.353. The molecule has 1 N–H and O–H groups in total. The number of benzene rings is 1. The molecule has 1 atom stereocenters. The molecule has 0 radical (unpaired) electrons. The quantitative estimate of drug-likeness (QED) is 0.921. The van der Waals surface area contributed by atoms with Crippen molar-refractivity contribution in [3.05, 3.63) is 47.0 Å². The maximum Gasteiger partial charge on any atom is 0.271 e. The first-order chi connectivity index (χ1) is 11.6. The minimum Gasteiger partial charge on any atom is -0.495 e. The topological polar surface area (TPSA) is 67.3 Å². The summed E-state index contributed by atoms with van der Waals surface area (Å²) < 4.78 is 5.40. The average molecular weight is 347 g/mol. The molecule has 0 aliphatic carbocycles. The zero-order valence-corrected chi connectivity index (χ0v) is 14.4. The van der Waals surface area contributed by atoms with E-state index in [-0.39, 0.29) is 11.9 Å². The molecule has 0 spiro atoms. The van der Waals surface area contributed by atoms with E-state index >= 15 is 0 Å². The van der Waals surface area contributed by atoms with E-state index in [0.717, 1.165) is 30.1 Å². The van der Waals surface area contributed by atoms with Crippen LogP contribution >= 0.6 is 11.6 Å². The summed E-state index contributed by atoms with van der Waals surface area (Å²) in [5.74, 6) is 0.572. The van der Waals surface area contributed by atoms with Crippen molar-refractivity contribution in [1.29, 1.82) is 0 Å². The Morgan fingerprint density at radius 3 is 2.92 bits per heavy atom. The van der Waals surface area contributed by atoms with E-state index in [1.807, 2.05) is 19.1 Å². The van der Waals surface area contributed by atoms with Gasteiger partial charge >= 0.3 is 0 Å². The van der Waals surface area contributed by atoms with Gasteiger partial charge in [-0.2, -0.15) is 0 Å². The van der Waals surface area contributed by atoms with Crippen LogP contribution in [0.1, 0.15) is 22.6 Å². The first kappa shape index (κ1) is 16.5. The van der Waals surface area contributed by atoms with Gasteiger partial charge in [-0.25, -0.2) is 4.98 Å².